The van der Waals surface area contributed by atoms with Crippen LogP contribution in [0.5, 0.6) is 23.0 Å². The van der Waals surface area contributed by atoms with E-state index in [2.05, 4.69) is 13.8 Å². The van der Waals surface area contributed by atoms with Gasteiger partial charge in [-0.1, -0.05) is 44.2 Å². The molecule has 2 heterocycles. The highest BCUT2D eigenvalue weighted by Crippen LogP contribution is 2.36. The third-order valence-electron chi connectivity index (χ3n) is 6.02. The van der Waals surface area contributed by atoms with Gasteiger partial charge in [-0.05, 0) is 59.0 Å². The summed E-state index contributed by atoms with van der Waals surface area (Å²) in [7, 11) is 1.58. The Morgan fingerprint density at radius 2 is 1.69 bits per heavy atom. The number of fused-ring (bicyclic) bond motifs is 2. The molecule has 3 aromatic carbocycles. The predicted molar refractivity (Wildman–Crippen MR) is 135 cm³/mol. The van der Waals surface area contributed by atoms with Gasteiger partial charge in [-0.15, -0.1) is 0 Å². The van der Waals surface area contributed by atoms with Gasteiger partial charge >= 0.3 is 0 Å². The molecule has 2 aliphatic rings. The highest BCUT2D eigenvalue weighted by molar-refractivity contribution is 6.33. The summed E-state index contributed by atoms with van der Waals surface area (Å²) < 4.78 is 22.2. The molecule has 7 heteroatoms. The summed E-state index contributed by atoms with van der Waals surface area (Å²) in [6.07, 6.45) is 1.79. The first-order valence-electron chi connectivity index (χ1n) is 11.8. The van der Waals surface area contributed by atoms with E-state index >= 15 is 0 Å². The fourth-order valence-corrected chi connectivity index (χ4v) is 4.22. The molecule has 3 aromatic rings. The Kier molecular flexibility index (Phi) is 6.38. The van der Waals surface area contributed by atoms with Crippen LogP contribution in [0.15, 0.2) is 60.7 Å². The van der Waals surface area contributed by atoms with E-state index in [0.29, 0.717) is 52.2 Å². The number of carbonyl (C=O) groups excluding carboxylic acids is 2. The third-order valence-corrected chi connectivity index (χ3v) is 6.02. The number of hydrogen-bond acceptors (Lipinski definition) is 6. The minimum absolute atomic E-state index is 0.116. The Balaban J connectivity index is 1.50. The Bertz CT molecular complexity index is 1360. The molecule has 0 fully saturated rings. The summed E-state index contributed by atoms with van der Waals surface area (Å²) in [5.74, 6) is 2.15. The van der Waals surface area contributed by atoms with Gasteiger partial charge in [0.1, 0.15) is 0 Å². The molecule has 5 rings (SSSR count). The SMILES string of the molecule is COc1cc(/C=C2/C(=O)N(Cc3ccc4c(c3)OCO4)C(=O)c3ccccc32)ccc1OCC(C)C. The molecular formula is C29H27NO6. The fourth-order valence-electron chi connectivity index (χ4n) is 4.22. The van der Waals surface area contributed by atoms with Crippen LogP contribution >= 0.6 is 0 Å². The second-order valence-corrected chi connectivity index (χ2v) is 9.10. The largest absolute Gasteiger partial charge is 0.493 e. The maximum atomic E-state index is 13.7. The van der Waals surface area contributed by atoms with Crippen molar-refractivity contribution in [2.45, 2.75) is 20.4 Å². The van der Waals surface area contributed by atoms with Crippen molar-refractivity contribution < 1.29 is 28.5 Å². The summed E-state index contributed by atoms with van der Waals surface area (Å²) in [5, 5.41) is 0. The molecule has 0 saturated heterocycles. The summed E-state index contributed by atoms with van der Waals surface area (Å²) in [4.78, 5) is 28.3. The van der Waals surface area contributed by atoms with E-state index in [-0.39, 0.29) is 25.2 Å². The number of ether oxygens (including phenoxy) is 4. The van der Waals surface area contributed by atoms with Crippen LogP contribution in [0.1, 0.15) is 40.9 Å². The highest BCUT2D eigenvalue weighted by Gasteiger charge is 2.35. The molecule has 7 nitrogen and oxygen atoms in total. The Hall–Kier alpha value is -4.26. The number of methoxy groups -OCH3 is 1. The number of rotatable bonds is 7. The summed E-state index contributed by atoms with van der Waals surface area (Å²) >= 11 is 0. The van der Waals surface area contributed by atoms with Crippen LogP contribution in [0.3, 0.4) is 0 Å². The third kappa shape index (κ3) is 4.52. The van der Waals surface area contributed by atoms with Gasteiger partial charge < -0.3 is 18.9 Å². The van der Waals surface area contributed by atoms with E-state index in [0.717, 1.165) is 11.1 Å². The molecule has 2 amide bonds. The predicted octanol–water partition coefficient (Wildman–Crippen LogP) is 5.18. The van der Waals surface area contributed by atoms with Crippen LogP contribution in [-0.4, -0.2) is 37.2 Å². The monoisotopic (exact) mass is 485 g/mol. The van der Waals surface area contributed by atoms with Gasteiger partial charge in [0.15, 0.2) is 23.0 Å². The first kappa shape index (κ1) is 23.5. The number of imide groups is 1. The van der Waals surface area contributed by atoms with Gasteiger partial charge in [0.2, 0.25) is 6.79 Å². The van der Waals surface area contributed by atoms with E-state index in [1.165, 1.54) is 4.90 Å². The summed E-state index contributed by atoms with van der Waals surface area (Å²) in [6, 6.07) is 18.1. The molecule has 0 atom stereocenters. The molecule has 0 unspecified atom stereocenters. The Morgan fingerprint density at radius 3 is 2.47 bits per heavy atom. The normalized spacial score (nSPS) is 15.4. The zero-order valence-corrected chi connectivity index (χ0v) is 20.4. The molecule has 0 N–H and O–H groups in total. The van der Waals surface area contributed by atoms with Crippen molar-refractivity contribution in [1.29, 1.82) is 0 Å². The fraction of sp³-hybridized carbons (Fsp3) is 0.241. The summed E-state index contributed by atoms with van der Waals surface area (Å²) in [5.41, 5.74) is 3.05. The average molecular weight is 486 g/mol. The maximum absolute atomic E-state index is 13.7. The zero-order valence-electron chi connectivity index (χ0n) is 20.4. The number of benzene rings is 3. The van der Waals surface area contributed by atoms with Crippen molar-refractivity contribution in [2.24, 2.45) is 5.92 Å². The van der Waals surface area contributed by atoms with Crippen molar-refractivity contribution in [3.8, 4) is 23.0 Å². The molecule has 2 aliphatic heterocycles. The average Bonchev–Trinajstić information content (AvgIpc) is 3.36. The van der Waals surface area contributed by atoms with Gasteiger partial charge in [-0.2, -0.15) is 0 Å². The molecule has 0 radical (unpaired) electrons. The number of hydrogen-bond donors (Lipinski definition) is 0. The minimum atomic E-state index is -0.365. The smallest absolute Gasteiger partial charge is 0.261 e. The number of nitrogens with zero attached hydrogens (tertiary/aromatic N) is 1. The van der Waals surface area contributed by atoms with Gasteiger partial charge in [0, 0.05) is 11.1 Å². The molecule has 0 saturated carbocycles. The highest BCUT2D eigenvalue weighted by atomic mass is 16.7. The topological polar surface area (TPSA) is 74.3 Å². The lowest BCUT2D eigenvalue weighted by molar-refractivity contribution is -0.123. The molecule has 0 aromatic heterocycles. The molecule has 36 heavy (non-hydrogen) atoms. The van der Waals surface area contributed by atoms with E-state index in [1.54, 1.807) is 43.5 Å². The maximum Gasteiger partial charge on any atom is 0.261 e. The number of amides is 2. The lowest BCUT2D eigenvalue weighted by Gasteiger charge is -2.29. The van der Waals surface area contributed by atoms with Crippen LogP contribution in [0, 0.1) is 5.92 Å². The van der Waals surface area contributed by atoms with Crippen LogP contribution in [0.2, 0.25) is 0 Å². The van der Waals surface area contributed by atoms with Gasteiger partial charge in [0.05, 0.1) is 20.3 Å². The number of carbonyl (C=O) groups is 2. The first-order valence-corrected chi connectivity index (χ1v) is 11.8. The van der Waals surface area contributed by atoms with Crippen LogP contribution in [-0.2, 0) is 11.3 Å². The summed E-state index contributed by atoms with van der Waals surface area (Å²) in [6.45, 7) is 5.00. The standard InChI is InChI=1S/C29H27NO6/c1-18(2)16-34-24-10-8-19(13-26(24)33-3)12-23-21-6-4-5-7-22(21)28(31)30(29(23)32)15-20-9-11-25-27(14-20)36-17-35-25/h4-14,18H,15-17H2,1-3H3/b23-12+. The Morgan fingerprint density at radius 1 is 0.917 bits per heavy atom. The van der Waals surface area contributed by atoms with E-state index in [4.69, 9.17) is 18.9 Å². The Labute approximate surface area is 209 Å². The van der Waals surface area contributed by atoms with Crippen LogP contribution in [0.25, 0.3) is 11.6 Å². The van der Waals surface area contributed by atoms with Gasteiger partial charge in [-0.25, -0.2) is 0 Å². The second kappa shape index (κ2) is 9.77. The second-order valence-electron chi connectivity index (χ2n) is 9.10. The van der Waals surface area contributed by atoms with Crippen molar-refractivity contribution in [3.63, 3.8) is 0 Å². The van der Waals surface area contributed by atoms with Crippen molar-refractivity contribution in [3.05, 3.63) is 82.9 Å². The zero-order chi connectivity index (χ0) is 25.2. The molecule has 184 valence electrons. The van der Waals surface area contributed by atoms with Crippen LogP contribution in [0.4, 0.5) is 0 Å². The van der Waals surface area contributed by atoms with Crippen LogP contribution < -0.4 is 18.9 Å². The van der Waals surface area contributed by atoms with E-state index < -0.39 is 0 Å². The quantitative estimate of drug-likeness (QED) is 0.339. The van der Waals surface area contributed by atoms with Crippen molar-refractivity contribution >= 4 is 23.5 Å². The van der Waals surface area contributed by atoms with E-state index in [1.807, 2.05) is 30.3 Å². The lowest BCUT2D eigenvalue weighted by Crippen LogP contribution is -2.41. The first-order chi connectivity index (χ1) is 17.4. The molecular weight excluding hydrogens is 458 g/mol. The molecule has 0 bridgehead atoms. The van der Waals surface area contributed by atoms with Crippen molar-refractivity contribution in [1.82, 2.24) is 4.90 Å². The van der Waals surface area contributed by atoms with Gasteiger partial charge in [0.25, 0.3) is 11.8 Å². The molecule has 0 spiro atoms. The van der Waals surface area contributed by atoms with Crippen molar-refractivity contribution in [2.75, 3.05) is 20.5 Å². The van der Waals surface area contributed by atoms with Gasteiger partial charge in [-0.3, -0.25) is 14.5 Å². The minimum Gasteiger partial charge on any atom is -0.493 e. The lowest BCUT2D eigenvalue weighted by atomic mass is 9.91. The van der Waals surface area contributed by atoms with E-state index in [9.17, 15) is 9.59 Å². The molecule has 0 aliphatic carbocycles.